The highest BCUT2D eigenvalue weighted by Gasteiger charge is 2.32. The van der Waals surface area contributed by atoms with Crippen LogP contribution < -0.4 is 0 Å². The van der Waals surface area contributed by atoms with E-state index in [2.05, 4.69) is 4.74 Å². The molecule has 2 nitrogen and oxygen atoms in total. The number of rotatable bonds is 4. The van der Waals surface area contributed by atoms with E-state index >= 15 is 0 Å². The third-order valence-corrected chi connectivity index (χ3v) is 2.10. The summed E-state index contributed by atoms with van der Waals surface area (Å²) in [4.78, 5) is 0. The first-order chi connectivity index (χ1) is 7.01. The van der Waals surface area contributed by atoms with Gasteiger partial charge in [-0.2, -0.15) is 0 Å². The number of allylic oxidation sites excluding steroid dienone is 4. The molecule has 0 radical (unpaired) electrons. The SMILES string of the molecule is OCCCC1=CC=C(OC(F)(F)F)CC1. The smallest absolute Gasteiger partial charge is 0.410 e. The second kappa shape index (κ2) is 5.21. The summed E-state index contributed by atoms with van der Waals surface area (Å²) in [6.45, 7) is 0.104. The van der Waals surface area contributed by atoms with Crippen LogP contribution in [-0.2, 0) is 4.74 Å². The summed E-state index contributed by atoms with van der Waals surface area (Å²) in [5.74, 6) is -0.0461. The number of aliphatic hydroxyl groups is 1. The van der Waals surface area contributed by atoms with Gasteiger partial charge in [-0.05, 0) is 25.3 Å². The van der Waals surface area contributed by atoms with Crippen LogP contribution in [0, 0.1) is 0 Å². The minimum Gasteiger partial charge on any atom is -0.410 e. The van der Waals surface area contributed by atoms with E-state index in [1.54, 1.807) is 6.08 Å². The monoisotopic (exact) mass is 222 g/mol. The van der Waals surface area contributed by atoms with E-state index in [1.165, 1.54) is 6.08 Å². The summed E-state index contributed by atoms with van der Waals surface area (Å²) >= 11 is 0. The first kappa shape index (κ1) is 12.1. The molecule has 1 N–H and O–H groups in total. The van der Waals surface area contributed by atoms with Crippen LogP contribution in [0.25, 0.3) is 0 Å². The van der Waals surface area contributed by atoms with E-state index in [0.29, 0.717) is 12.8 Å². The normalized spacial score (nSPS) is 17.1. The van der Waals surface area contributed by atoms with E-state index < -0.39 is 6.36 Å². The van der Waals surface area contributed by atoms with E-state index in [4.69, 9.17) is 5.11 Å². The van der Waals surface area contributed by atoms with Crippen LogP contribution in [0.4, 0.5) is 13.2 Å². The topological polar surface area (TPSA) is 29.5 Å². The van der Waals surface area contributed by atoms with Gasteiger partial charge >= 0.3 is 6.36 Å². The maximum absolute atomic E-state index is 11.8. The summed E-state index contributed by atoms with van der Waals surface area (Å²) in [6.07, 6.45) is 0.617. The fourth-order valence-corrected chi connectivity index (χ4v) is 1.41. The van der Waals surface area contributed by atoms with Crippen molar-refractivity contribution in [3.05, 3.63) is 23.5 Å². The summed E-state index contributed by atoms with van der Waals surface area (Å²) in [5.41, 5.74) is 1.05. The molecule has 0 heterocycles. The van der Waals surface area contributed by atoms with Gasteiger partial charge in [0.2, 0.25) is 0 Å². The molecule has 0 spiro atoms. The Balaban J connectivity index is 2.45. The molecule has 0 saturated carbocycles. The van der Waals surface area contributed by atoms with Crippen molar-refractivity contribution in [2.45, 2.75) is 32.0 Å². The van der Waals surface area contributed by atoms with Crippen LogP contribution in [0.15, 0.2) is 23.5 Å². The minimum atomic E-state index is -4.59. The van der Waals surface area contributed by atoms with Gasteiger partial charge in [0.25, 0.3) is 0 Å². The summed E-state index contributed by atoms with van der Waals surface area (Å²) < 4.78 is 39.3. The van der Waals surface area contributed by atoms with Crippen molar-refractivity contribution >= 4 is 0 Å². The number of hydrogen-bond acceptors (Lipinski definition) is 2. The number of alkyl halides is 3. The summed E-state index contributed by atoms with van der Waals surface area (Å²) in [6, 6.07) is 0. The van der Waals surface area contributed by atoms with Gasteiger partial charge in [0.05, 0.1) is 0 Å². The average molecular weight is 222 g/mol. The van der Waals surface area contributed by atoms with Crippen LogP contribution >= 0.6 is 0 Å². The van der Waals surface area contributed by atoms with Crippen molar-refractivity contribution in [1.29, 1.82) is 0 Å². The standard InChI is InChI=1S/C10H13F3O2/c11-10(12,13)15-9-5-3-8(4-6-9)2-1-7-14/h3,5,14H,1-2,4,6-7H2. The molecule has 0 aromatic rings. The molecule has 0 aromatic carbocycles. The Bertz CT molecular complexity index is 266. The van der Waals surface area contributed by atoms with Crippen LogP contribution in [0.1, 0.15) is 25.7 Å². The molecule has 0 amide bonds. The van der Waals surface area contributed by atoms with Gasteiger partial charge in [-0.15, -0.1) is 13.2 Å². The summed E-state index contributed by atoms with van der Waals surface area (Å²) in [5, 5.41) is 8.59. The van der Waals surface area contributed by atoms with Gasteiger partial charge in [0, 0.05) is 13.0 Å². The molecular formula is C10H13F3O2. The van der Waals surface area contributed by atoms with Crippen molar-refractivity contribution < 1.29 is 23.0 Å². The Morgan fingerprint density at radius 3 is 2.47 bits per heavy atom. The number of halogens is 3. The summed E-state index contributed by atoms with van der Waals surface area (Å²) in [7, 11) is 0. The zero-order valence-electron chi connectivity index (χ0n) is 8.18. The highest BCUT2D eigenvalue weighted by atomic mass is 19.4. The highest BCUT2D eigenvalue weighted by Crippen LogP contribution is 2.28. The first-order valence-corrected chi connectivity index (χ1v) is 4.76. The van der Waals surface area contributed by atoms with Crippen molar-refractivity contribution in [2.24, 2.45) is 0 Å². The van der Waals surface area contributed by atoms with Gasteiger partial charge < -0.3 is 9.84 Å². The largest absolute Gasteiger partial charge is 0.572 e. The lowest BCUT2D eigenvalue weighted by molar-refractivity contribution is -0.306. The maximum atomic E-state index is 11.8. The van der Waals surface area contributed by atoms with Gasteiger partial charge in [0.15, 0.2) is 0 Å². The lowest BCUT2D eigenvalue weighted by Gasteiger charge is -2.16. The molecule has 0 atom stereocenters. The fourth-order valence-electron chi connectivity index (χ4n) is 1.41. The molecule has 0 fully saturated rings. The number of hydrogen-bond donors (Lipinski definition) is 1. The molecule has 0 aromatic heterocycles. The van der Waals surface area contributed by atoms with E-state index in [0.717, 1.165) is 12.0 Å². The Hall–Kier alpha value is -0.970. The average Bonchev–Trinajstić information content (AvgIpc) is 2.14. The van der Waals surface area contributed by atoms with Crippen molar-refractivity contribution in [1.82, 2.24) is 0 Å². The second-order valence-corrected chi connectivity index (χ2v) is 3.33. The van der Waals surface area contributed by atoms with E-state index in [9.17, 15) is 13.2 Å². The molecule has 0 aliphatic heterocycles. The number of ether oxygens (including phenoxy) is 1. The molecule has 5 heteroatoms. The Morgan fingerprint density at radius 1 is 1.27 bits per heavy atom. The van der Waals surface area contributed by atoms with Gasteiger partial charge in [-0.1, -0.05) is 11.6 Å². The van der Waals surface area contributed by atoms with Crippen LogP contribution in [-0.4, -0.2) is 18.1 Å². The Labute approximate surface area is 86.0 Å². The van der Waals surface area contributed by atoms with Gasteiger partial charge in [0.1, 0.15) is 5.76 Å². The predicted octanol–water partition coefficient (Wildman–Crippen LogP) is 2.90. The Morgan fingerprint density at radius 2 is 2.00 bits per heavy atom. The third kappa shape index (κ3) is 4.88. The molecular weight excluding hydrogens is 209 g/mol. The zero-order valence-corrected chi connectivity index (χ0v) is 8.18. The van der Waals surface area contributed by atoms with Crippen LogP contribution in [0.5, 0.6) is 0 Å². The van der Waals surface area contributed by atoms with Crippen LogP contribution in [0.3, 0.4) is 0 Å². The van der Waals surface area contributed by atoms with Crippen molar-refractivity contribution in [3.63, 3.8) is 0 Å². The van der Waals surface area contributed by atoms with Crippen molar-refractivity contribution in [3.8, 4) is 0 Å². The van der Waals surface area contributed by atoms with Gasteiger partial charge in [-0.3, -0.25) is 0 Å². The second-order valence-electron chi connectivity index (χ2n) is 3.33. The molecule has 1 aliphatic carbocycles. The Kier molecular flexibility index (Phi) is 4.20. The quantitative estimate of drug-likeness (QED) is 0.792. The molecule has 86 valence electrons. The zero-order chi connectivity index (χ0) is 11.3. The molecule has 1 rings (SSSR count). The lowest BCUT2D eigenvalue weighted by Crippen LogP contribution is -2.14. The lowest BCUT2D eigenvalue weighted by atomic mass is 10.00. The highest BCUT2D eigenvalue weighted by molar-refractivity contribution is 5.21. The van der Waals surface area contributed by atoms with Crippen LogP contribution in [0.2, 0.25) is 0 Å². The van der Waals surface area contributed by atoms with E-state index in [1.807, 2.05) is 0 Å². The molecule has 15 heavy (non-hydrogen) atoms. The maximum Gasteiger partial charge on any atom is 0.572 e. The molecule has 0 unspecified atom stereocenters. The minimum absolute atomic E-state index is 0.0461. The van der Waals surface area contributed by atoms with Crippen molar-refractivity contribution in [2.75, 3.05) is 6.61 Å². The number of aliphatic hydroxyl groups excluding tert-OH is 1. The third-order valence-electron chi connectivity index (χ3n) is 2.10. The molecule has 0 saturated heterocycles. The fraction of sp³-hybridized carbons (Fsp3) is 0.600. The van der Waals surface area contributed by atoms with E-state index in [-0.39, 0.29) is 18.8 Å². The molecule has 1 aliphatic rings. The molecule has 0 bridgehead atoms. The first-order valence-electron chi connectivity index (χ1n) is 4.76. The predicted molar refractivity (Wildman–Crippen MR) is 48.9 cm³/mol. The van der Waals surface area contributed by atoms with Gasteiger partial charge in [-0.25, -0.2) is 0 Å².